The van der Waals surface area contributed by atoms with E-state index in [4.69, 9.17) is 28.4 Å². The molecular weight excluding hydrogens is 636 g/mol. The minimum Gasteiger partial charge on any atom is -0.502 e. The fourth-order valence-electron chi connectivity index (χ4n) is 6.93. The zero-order valence-electron chi connectivity index (χ0n) is 26.9. The third-order valence-corrected chi connectivity index (χ3v) is 9.29. The first kappa shape index (κ1) is 31.7. The third kappa shape index (κ3) is 5.79. The van der Waals surface area contributed by atoms with E-state index < -0.39 is 35.8 Å². The van der Waals surface area contributed by atoms with Gasteiger partial charge in [0.15, 0.2) is 23.0 Å². The topological polar surface area (TPSA) is 180 Å². The summed E-state index contributed by atoms with van der Waals surface area (Å²) in [6.07, 6.45) is 3.26. The van der Waals surface area contributed by atoms with Gasteiger partial charge in [0.25, 0.3) is 5.91 Å². The highest BCUT2D eigenvalue weighted by Crippen LogP contribution is 2.56. The summed E-state index contributed by atoms with van der Waals surface area (Å²) in [5.41, 5.74) is 4.09. The van der Waals surface area contributed by atoms with E-state index in [0.717, 1.165) is 11.1 Å². The van der Waals surface area contributed by atoms with E-state index in [1.165, 1.54) is 27.7 Å². The number of imidazole rings is 1. The number of benzene rings is 3. The molecule has 5 atom stereocenters. The maximum atomic E-state index is 13.5. The third-order valence-electron chi connectivity index (χ3n) is 9.29. The number of H-pyrrole nitrogens is 1. The number of aromatic hydroxyl groups is 1. The number of nitrogens with zero attached hydrogens (tertiary/aromatic N) is 1. The molecule has 254 valence electrons. The average Bonchev–Trinajstić information content (AvgIpc) is 3.89. The number of aromatic nitrogens is 2. The molecule has 0 bridgehead atoms. The van der Waals surface area contributed by atoms with E-state index in [1.807, 2.05) is 12.1 Å². The van der Waals surface area contributed by atoms with Gasteiger partial charge in [0, 0.05) is 41.4 Å². The van der Waals surface area contributed by atoms with E-state index in [-0.39, 0.29) is 49.0 Å². The summed E-state index contributed by atoms with van der Waals surface area (Å²) in [6.45, 7) is 0.239. The predicted octanol–water partition coefficient (Wildman–Crippen LogP) is 3.46. The van der Waals surface area contributed by atoms with Gasteiger partial charge in [-0.1, -0.05) is 0 Å². The van der Waals surface area contributed by atoms with Crippen molar-refractivity contribution in [2.45, 2.75) is 24.4 Å². The fraction of sp³-hybridized carbons (Fsp3) is 0.314. The standard InChI is InChI=1S/C35H34N4O10/c1-44-27-8-18(9-28(45-2)32(27)40)29-21-11-25-26(49-16-48-25)12-22(21)31(23-14-47-35(43)30(23)29)38-19-6-4-17(5-7-19)33(41)39-24(34(42)46-3)10-20-13-36-15-37-20/h4-9,11-13,15,23-24,29-31,38,40H,10,14,16H2,1-3H3,(H,36,37)(H,39,41)/t23-,24-,29+,30-,31+/m0/s1. The van der Waals surface area contributed by atoms with Crippen molar-refractivity contribution in [3.8, 4) is 28.7 Å². The van der Waals surface area contributed by atoms with Crippen LogP contribution in [0.1, 0.15) is 44.7 Å². The molecule has 0 saturated carbocycles. The summed E-state index contributed by atoms with van der Waals surface area (Å²) in [5, 5.41) is 16.9. The van der Waals surface area contributed by atoms with Gasteiger partial charge in [0.1, 0.15) is 6.04 Å². The smallest absolute Gasteiger partial charge is 0.328 e. The van der Waals surface area contributed by atoms with Crippen molar-refractivity contribution in [3.05, 3.63) is 89.0 Å². The van der Waals surface area contributed by atoms with Crippen LogP contribution in [0, 0.1) is 11.8 Å². The molecule has 1 fully saturated rings. The molecule has 2 aliphatic heterocycles. The molecule has 1 aromatic heterocycles. The van der Waals surface area contributed by atoms with E-state index in [1.54, 1.807) is 42.6 Å². The van der Waals surface area contributed by atoms with E-state index in [0.29, 0.717) is 34.0 Å². The van der Waals surface area contributed by atoms with Crippen LogP contribution in [0.2, 0.25) is 0 Å². The van der Waals surface area contributed by atoms with E-state index in [2.05, 4.69) is 20.6 Å². The molecule has 1 aliphatic carbocycles. The van der Waals surface area contributed by atoms with Crippen LogP contribution in [0.25, 0.3) is 0 Å². The number of hydrogen-bond donors (Lipinski definition) is 4. The molecule has 14 heteroatoms. The number of phenols is 1. The molecule has 49 heavy (non-hydrogen) atoms. The second-order valence-corrected chi connectivity index (χ2v) is 11.9. The molecule has 0 radical (unpaired) electrons. The van der Waals surface area contributed by atoms with Crippen LogP contribution < -0.4 is 29.6 Å². The fourth-order valence-corrected chi connectivity index (χ4v) is 6.93. The van der Waals surface area contributed by atoms with Gasteiger partial charge in [-0.05, 0) is 65.2 Å². The molecule has 0 unspecified atom stereocenters. The first-order valence-electron chi connectivity index (χ1n) is 15.6. The number of amides is 1. The summed E-state index contributed by atoms with van der Waals surface area (Å²) in [7, 11) is 4.16. The Hall–Kier alpha value is -5.92. The maximum absolute atomic E-state index is 13.5. The number of rotatable bonds is 10. The van der Waals surface area contributed by atoms with Crippen molar-refractivity contribution in [2.75, 3.05) is 40.0 Å². The molecule has 14 nitrogen and oxygen atoms in total. The van der Waals surface area contributed by atoms with E-state index >= 15 is 0 Å². The van der Waals surface area contributed by atoms with Crippen LogP contribution in [0.3, 0.4) is 0 Å². The zero-order valence-corrected chi connectivity index (χ0v) is 26.9. The number of cyclic esters (lactones) is 1. The van der Waals surface area contributed by atoms with Gasteiger partial charge in [-0.2, -0.15) is 0 Å². The second kappa shape index (κ2) is 12.9. The number of carbonyl (C=O) groups excluding carboxylic acids is 3. The van der Waals surface area contributed by atoms with Crippen LogP contribution in [0.15, 0.2) is 61.1 Å². The number of aromatic amines is 1. The second-order valence-electron chi connectivity index (χ2n) is 11.9. The number of esters is 2. The van der Waals surface area contributed by atoms with Crippen LogP contribution in [-0.2, 0) is 25.5 Å². The van der Waals surface area contributed by atoms with Crippen molar-refractivity contribution < 1.29 is 47.9 Å². The van der Waals surface area contributed by atoms with Gasteiger partial charge < -0.3 is 49.1 Å². The quantitative estimate of drug-likeness (QED) is 0.181. The largest absolute Gasteiger partial charge is 0.502 e. The van der Waals surface area contributed by atoms with Crippen LogP contribution in [0.5, 0.6) is 28.7 Å². The van der Waals surface area contributed by atoms with Gasteiger partial charge in [-0.3, -0.25) is 9.59 Å². The first-order chi connectivity index (χ1) is 23.8. The molecule has 3 aromatic carbocycles. The molecule has 4 N–H and O–H groups in total. The SMILES string of the molecule is COC(=O)[C@H](Cc1cnc[nH]1)NC(=O)c1ccc(N[C@@H]2c3cc4c(cc3[C@@H](c3cc(OC)c(O)c(OC)c3)[C@H]3C(=O)OC[C@@H]32)OCO4)cc1. The Balaban J connectivity index is 1.20. The summed E-state index contributed by atoms with van der Waals surface area (Å²) in [5.74, 6) is -1.35. The highest BCUT2D eigenvalue weighted by molar-refractivity contribution is 5.97. The van der Waals surface area contributed by atoms with Crippen LogP contribution in [-0.4, -0.2) is 73.7 Å². The Morgan fingerprint density at radius 2 is 1.69 bits per heavy atom. The van der Waals surface area contributed by atoms with Gasteiger partial charge >= 0.3 is 11.9 Å². The number of nitrogens with one attached hydrogen (secondary N) is 3. The molecule has 0 spiro atoms. The number of methoxy groups -OCH3 is 3. The number of carbonyl (C=O) groups is 3. The Morgan fingerprint density at radius 3 is 2.33 bits per heavy atom. The summed E-state index contributed by atoms with van der Waals surface area (Å²) in [4.78, 5) is 45.9. The van der Waals surface area contributed by atoms with Crippen molar-refractivity contribution in [1.82, 2.24) is 15.3 Å². The van der Waals surface area contributed by atoms with Gasteiger partial charge in [-0.25, -0.2) is 9.78 Å². The Morgan fingerprint density at radius 1 is 1.00 bits per heavy atom. The lowest BCUT2D eigenvalue weighted by atomic mass is 9.65. The normalized spacial score (nSPS) is 20.8. The van der Waals surface area contributed by atoms with Crippen LogP contribution in [0.4, 0.5) is 5.69 Å². The molecule has 3 heterocycles. The van der Waals surface area contributed by atoms with Gasteiger partial charge in [0.05, 0.1) is 46.2 Å². The monoisotopic (exact) mass is 670 g/mol. The van der Waals surface area contributed by atoms with Gasteiger partial charge in [0.2, 0.25) is 12.5 Å². The first-order valence-corrected chi connectivity index (χ1v) is 15.6. The molecule has 7 rings (SSSR count). The maximum Gasteiger partial charge on any atom is 0.328 e. The predicted molar refractivity (Wildman–Crippen MR) is 172 cm³/mol. The minimum atomic E-state index is -0.916. The highest BCUT2D eigenvalue weighted by atomic mass is 16.7. The summed E-state index contributed by atoms with van der Waals surface area (Å²) < 4.78 is 33.0. The number of phenolic OH excluding ortho intramolecular Hbond substituents is 1. The van der Waals surface area contributed by atoms with Crippen molar-refractivity contribution >= 4 is 23.5 Å². The molecule has 4 aromatic rings. The van der Waals surface area contributed by atoms with Crippen LogP contribution >= 0.6 is 0 Å². The molecule has 3 aliphatic rings. The van der Waals surface area contributed by atoms with Crippen molar-refractivity contribution in [3.63, 3.8) is 0 Å². The number of ether oxygens (including phenoxy) is 6. The lowest BCUT2D eigenvalue weighted by Gasteiger charge is -2.40. The van der Waals surface area contributed by atoms with Gasteiger partial charge in [-0.15, -0.1) is 0 Å². The summed E-state index contributed by atoms with van der Waals surface area (Å²) >= 11 is 0. The minimum absolute atomic E-state index is 0.0684. The molecule has 1 saturated heterocycles. The Labute approximate surface area is 280 Å². The molecule has 1 amide bonds. The van der Waals surface area contributed by atoms with Crippen molar-refractivity contribution in [1.29, 1.82) is 0 Å². The summed E-state index contributed by atoms with van der Waals surface area (Å²) in [6, 6.07) is 12.7. The number of fused-ring (bicyclic) bond motifs is 3. The molecular formula is C35H34N4O10. The van der Waals surface area contributed by atoms with E-state index in [9.17, 15) is 19.5 Å². The lowest BCUT2D eigenvalue weighted by Crippen LogP contribution is -2.43. The number of hydrogen-bond acceptors (Lipinski definition) is 12. The average molecular weight is 671 g/mol. The highest BCUT2D eigenvalue weighted by Gasteiger charge is 2.52. The zero-order chi connectivity index (χ0) is 34.2. The number of anilines is 1. The Bertz CT molecular complexity index is 1870. The Kier molecular flexibility index (Phi) is 8.36. The van der Waals surface area contributed by atoms with Crippen molar-refractivity contribution in [2.24, 2.45) is 11.8 Å². The lowest BCUT2D eigenvalue weighted by molar-refractivity contribution is -0.143.